The maximum atomic E-state index is 12.4. The van der Waals surface area contributed by atoms with Crippen LogP contribution in [0.5, 0.6) is 0 Å². The number of carbonyl (C=O) groups excluding carboxylic acids is 2. The van der Waals surface area contributed by atoms with Crippen LogP contribution in [-0.4, -0.2) is 44.7 Å². The van der Waals surface area contributed by atoms with Crippen LogP contribution >= 0.6 is 0 Å². The summed E-state index contributed by atoms with van der Waals surface area (Å²) in [6.45, 7) is 2.98. The number of rotatable bonds is 5. The Balaban J connectivity index is 1.61. The summed E-state index contributed by atoms with van der Waals surface area (Å²) in [6, 6.07) is 3.15. The Bertz CT molecular complexity index is 726. The number of carbonyl (C=O) groups is 2. The number of nitrogens with zero attached hydrogens (tertiary/aromatic N) is 3. The van der Waals surface area contributed by atoms with Crippen molar-refractivity contribution >= 4 is 17.5 Å². The lowest BCUT2D eigenvalue weighted by Gasteiger charge is -2.27. The van der Waals surface area contributed by atoms with Crippen molar-refractivity contribution in [1.29, 1.82) is 0 Å². The molecule has 0 aliphatic carbocycles. The zero-order valence-electron chi connectivity index (χ0n) is 13.1. The number of hydrogen-bond donors (Lipinski definition) is 2. The first-order valence-electron chi connectivity index (χ1n) is 7.80. The quantitative estimate of drug-likeness (QED) is 0.829. The van der Waals surface area contributed by atoms with E-state index in [0.717, 1.165) is 30.6 Å². The smallest absolute Gasteiger partial charge is 0.237 e. The predicted molar refractivity (Wildman–Crippen MR) is 85.4 cm³/mol. The van der Waals surface area contributed by atoms with E-state index in [4.69, 9.17) is 5.73 Å². The highest BCUT2D eigenvalue weighted by Crippen LogP contribution is 2.19. The number of primary amides is 1. The average Bonchev–Trinajstić information content (AvgIpc) is 3.19. The fraction of sp³-hybridized carbons (Fsp3) is 0.438. The van der Waals surface area contributed by atoms with Gasteiger partial charge in [-0.2, -0.15) is 0 Å². The van der Waals surface area contributed by atoms with E-state index >= 15 is 0 Å². The second-order valence-corrected chi connectivity index (χ2v) is 5.92. The Kier molecular flexibility index (Phi) is 4.29. The average molecular weight is 315 g/mol. The van der Waals surface area contributed by atoms with Crippen LogP contribution in [0, 0.1) is 0 Å². The Hall–Kier alpha value is -2.41. The second-order valence-electron chi connectivity index (χ2n) is 5.92. The van der Waals surface area contributed by atoms with E-state index in [1.54, 1.807) is 6.20 Å². The maximum absolute atomic E-state index is 12.4. The number of fused-ring (bicyclic) bond motifs is 1. The van der Waals surface area contributed by atoms with Gasteiger partial charge in [0, 0.05) is 25.1 Å². The monoisotopic (exact) mass is 315 g/mol. The molecule has 2 aromatic rings. The number of hydrogen-bond acceptors (Lipinski definition) is 4. The van der Waals surface area contributed by atoms with Crippen molar-refractivity contribution in [2.45, 2.75) is 38.4 Å². The molecule has 3 heterocycles. The van der Waals surface area contributed by atoms with E-state index < -0.39 is 0 Å². The second kappa shape index (κ2) is 6.37. The first kappa shape index (κ1) is 15.5. The molecule has 3 N–H and O–H groups in total. The van der Waals surface area contributed by atoms with Gasteiger partial charge in [0.1, 0.15) is 5.65 Å². The van der Waals surface area contributed by atoms with E-state index in [2.05, 4.69) is 10.3 Å². The largest absolute Gasteiger partial charge is 0.368 e. The van der Waals surface area contributed by atoms with Crippen molar-refractivity contribution < 1.29 is 9.59 Å². The van der Waals surface area contributed by atoms with Crippen LogP contribution in [-0.2, 0) is 16.1 Å². The molecule has 1 unspecified atom stereocenters. The minimum atomic E-state index is -0.369. The third kappa shape index (κ3) is 3.19. The van der Waals surface area contributed by atoms with Crippen molar-refractivity contribution in [1.82, 2.24) is 19.6 Å². The summed E-state index contributed by atoms with van der Waals surface area (Å²) >= 11 is 0. The predicted octanol–water partition coefficient (Wildman–Crippen LogP) is 0.289. The van der Waals surface area contributed by atoms with Crippen LogP contribution in [0.3, 0.4) is 0 Å². The Morgan fingerprint density at radius 2 is 2.30 bits per heavy atom. The van der Waals surface area contributed by atoms with Crippen LogP contribution in [0.15, 0.2) is 30.7 Å². The molecule has 1 aliphatic rings. The summed E-state index contributed by atoms with van der Waals surface area (Å²) in [7, 11) is 0. The van der Waals surface area contributed by atoms with Crippen LogP contribution in [0.1, 0.15) is 25.3 Å². The Morgan fingerprint density at radius 3 is 3.09 bits per heavy atom. The lowest BCUT2D eigenvalue weighted by molar-refractivity contribution is -0.129. The molecule has 2 amide bonds. The van der Waals surface area contributed by atoms with Crippen LogP contribution in [0.4, 0.5) is 0 Å². The van der Waals surface area contributed by atoms with E-state index in [1.165, 1.54) is 0 Å². The van der Waals surface area contributed by atoms with Crippen LogP contribution < -0.4 is 11.1 Å². The van der Waals surface area contributed by atoms with E-state index in [-0.39, 0.29) is 23.9 Å². The number of likely N-dealkylation sites (tertiary alicyclic amines) is 1. The minimum Gasteiger partial charge on any atom is -0.368 e. The Morgan fingerprint density at radius 1 is 1.48 bits per heavy atom. The van der Waals surface area contributed by atoms with Gasteiger partial charge in [-0.05, 0) is 37.9 Å². The molecular weight excluding hydrogens is 294 g/mol. The third-order valence-electron chi connectivity index (χ3n) is 4.42. The van der Waals surface area contributed by atoms with Gasteiger partial charge in [-0.25, -0.2) is 4.98 Å². The zero-order chi connectivity index (χ0) is 16.4. The molecular formula is C16H21N5O2. The molecule has 1 fully saturated rings. The van der Waals surface area contributed by atoms with Crippen molar-refractivity contribution in [3.05, 3.63) is 36.3 Å². The lowest BCUT2D eigenvalue weighted by Crippen LogP contribution is -2.50. The molecule has 2 atom stereocenters. The number of imidazole rings is 1. The van der Waals surface area contributed by atoms with Gasteiger partial charge in [0.15, 0.2) is 0 Å². The first-order valence-corrected chi connectivity index (χ1v) is 7.80. The van der Waals surface area contributed by atoms with Gasteiger partial charge in [0.2, 0.25) is 11.8 Å². The fourth-order valence-corrected chi connectivity index (χ4v) is 3.12. The molecule has 23 heavy (non-hydrogen) atoms. The van der Waals surface area contributed by atoms with Gasteiger partial charge in [0.05, 0.1) is 12.1 Å². The van der Waals surface area contributed by atoms with Gasteiger partial charge in [-0.3, -0.25) is 14.5 Å². The standard InChI is InChI=1S/C16H21N5O2/c1-11(21-7-2-3-13(21)15(17)22)16(23)19-9-12-4-5-14-18-6-8-20(14)10-12/h4-6,8,10-11,13H,2-3,7,9H2,1H3,(H2,17,22)(H,19,23)/t11-,13?/m0/s1. The summed E-state index contributed by atoms with van der Waals surface area (Å²) in [5, 5.41) is 2.93. The molecule has 7 heteroatoms. The number of aromatic nitrogens is 2. The molecule has 3 rings (SSSR count). The lowest BCUT2D eigenvalue weighted by atomic mass is 10.1. The molecule has 0 spiro atoms. The van der Waals surface area contributed by atoms with E-state index in [1.807, 2.05) is 40.8 Å². The van der Waals surface area contributed by atoms with Crippen LogP contribution in [0.25, 0.3) is 5.65 Å². The zero-order valence-corrected chi connectivity index (χ0v) is 13.1. The van der Waals surface area contributed by atoms with Gasteiger partial charge in [-0.15, -0.1) is 0 Å². The summed E-state index contributed by atoms with van der Waals surface area (Å²) in [5.41, 5.74) is 7.27. The third-order valence-corrected chi connectivity index (χ3v) is 4.42. The summed E-state index contributed by atoms with van der Waals surface area (Å²) < 4.78 is 1.91. The highest BCUT2D eigenvalue weighted by atomic mass is 16.2. The van der Waals surface area contributed by atoms with Crippen LogP contribution in [0.2, 0.25) is 0 Å². The molecule has 7 nitrogen and oxygen atoms in total. The fourth-order valence-electron chi connectivity index (χ4n) is 3.12. The topological polar surface area (TPSA) is 92.7 Å². The molecule has 1 aliphatic heterocycles. The van der Waals surface area contributed by atoms with Gasteiger partial charge in [-0.1, -0.05) is 6.07 Å². The molecule has 2 aromatic heterocycles. The molecule has 0 bridgehead atoms. The highest BCUT2D eigenvalue weighted by molar-refractivity contribution is 5.84. The van der Waals surface area contributed by atoms with E-state index in [9.17, 15) is 9.59 Å². The Labute approximate surface area is 134 Å². The van der Waals surface area contributed by atoms with Gasteiger partial charge < -0.3 is 15.5 Å². The van der Waals surface area contributed by atoms with Gasteiger partial charge in [0.25, 0.3) is 0 Å². The summed E-state index contributed by atoms with van der Waals surface area (Å²) in [5.74, 6) is -0.448. The maximum Gasteiger partial charge on any atom is 0.237 e. The van der Waals surface area contributed by atoms with Crippen molar-refractivity contribution in [3.63, 3.8) is 0 Å². The SMILES string of the molecule is C[C@@H](C(=O)NCc1ccc2nccn2c1)N1CCCC1C(N)=O. The first-order chi connectivity index (χ1) is 11.1. The normalized spacial score (nSPS) is 19.8. The van der Waals surface area contributed by atoms with Crippen molar-refractivity contribution in [2.24, 2.45) is 5.73 Å². The molecule has 122 valence electrons. The number of pyridine rings is 1. The molecule has 0 aromatic carbocycles. The minimum absolute atomic E-state index is 0.0936. The number of amides is 2. The summed E-state index contributed by atoms with van der Waals surface area (Å²) in [6.07, 6.45) is 7.16. The van der Waals surface area contributed by atoms with Crippen molar-refractivity contribution in [2.75, 3.05) is 6.54 Å². The molecule has 0 saturated carbocycles. The summed E-state index contributed by atoms with van der Waals surface area (Å²) in [4.78, 5) is 29.9. The molecule has 0 radical (unpaired) electrons. The number of nitrogens with two attached hydrogens (primary N) is 1. The highest BCUT2D eigenvalue weighted by Gasteiger charge is 2.34. The number of nitrogens with one attached hydrogen (secondary N) is 1. The molecule has 1 saturated heterocycles. The van der Waals surface area contributed by atoms with Crippen molar-refractivity contribution in [3.8, 4) is 0 Å². The van der Waals surface area contributed by atoms with E-state index in [0.29, 0.717) is 6.54 Å². The van der Waals surface area contributed by atoms with Gasteiger partial charge >= 0.3 is 0 Å².